The third kappa shape index (κ3) is 7.67. The molecule has 6 N–H and O–H groups in total. The highest BCUT2D eigenvalue weighted by atomic mass is 19.1. The van der Waals surface area contributed by atoms with E-state index in [0.717, 1.165) is 33.0 Å². The third-order valence-electron chi connectivity index (χ3n) is 10.0. The SMILES string of the molecule is CCc1cc(=O)n(C)cc1-c1cc2cc(NC(=O)[C@@H]3C[C@@H]3F)ncc2c(N)n1.CCc1cc(=O)n(C)cc1-c1cc2cc(NC(=O)[C@H]3C[C@H]3F)ncc2c(N)n1. The topological polar surface area (TPSA) is 206 Å². The van der Waals surface area contributed by atoms with Crippen molar-refractivity contribution in [2.75, 3.05) is 22.1 Å². The Morgan fingerprint density at radius 3 is 1.41 bits per heavy atom. The molecule has 2 aliphatic carbocycles. The van der Waals surface area contributed by atoms with E-state index in [1.165, 1.54) is 9.13 Å². The zero-order chi connectivity index (χ0) is 40.0. The Morgan fingerprint density at radius 2 is 1.07 bits per heavy atom. The van der Waals surface area contributed by atoms with Gasteiger partial charge in [0, 0.05) is 72.9 Å². The third-order valence-corrected chi connectivity index (χ3v) is 10.0. The van der Waals surface area contributed by atoms with E-state index < -0.39 is 24.2 Å². The predicted octanol–water partition coefficient (Wildman–Crippen LogP) is 4.87. The summed E-state index contributed by atoms with van der Waals surface area (Å²) in [6.07, 6.45) is 6.30. The van der Waals surface area contributed by atoms with Crippen LogP contribution in [-0.2, 0) is 36.5 Å². The fourth-order valence-electron chi connectivity index (χ4n) is 6.45. The van der Waals surface area contributed by atoms with Gasteiger partial charge in [-0.05, 0) is 71.8 Å². The van der Waals surface area contributed by atoms with Crippen molar-refractivity contribution in [3.05, 3.63) is 93.0 Å². The second kappa shape index (κ2) is 14.9. The Bertz CT molecular complexity index is 2500. The van der Waals surface area contributed by atoms with E-state index in [-0.39, 0.29) is 35.8 Å². The summed E-state index contributed by atoms with van der Waals surface area (Å²) >= 11 is 0. The molecule has 56 heavy (non-hydrogen) atoms. The van der Waals surface area contributed by atoms with Crippen LogP contribution in [0.4, 0.5) is 32.1 Å². The molecule has 0 bridgehead atoms. The summed E-state index contributed by atoms with van der Waals surface area (Å²) in [7, 11) is 3.37. The molecule has 2 saturated carbocycles. The Hall–Kier alpha value is -6.58. The second-order valence-corrected chi connectivity index (χ2v) is 14.1. The number of nitrogens with zero attached hydrogens (tertiary/aromatic N) is 6. The summed E-state index contributed by atoms with van der Waals surface area (Å²) in [5.74, 6) is -0.629. The number of carbonyl (C=O) groups excluding carboxylic acids is 2. The van der Waals surface area contributed by atoms with Gasteiger partial charge in [0.15, 0.2) is 0 Å². The van der Waals surface area contributed by atoms with Crippen LogP contribution in [0.5, 0.6) is 0 Å². The quantitative estimate of drug-likeness (QED) is 0.166. The van der Waals surface area contributed by atoms with Gasteiger partial charge in [-0.25, -0.2) is 28.7 Å². The zero-order valence-electron chi connectivity index (χ0n) is 31.1. The van der Waals surface area contributed by atoms with Crippen LogP contribution in [0, 0.1) is 11.8 Å². The maximum Gasteiger partial charge on any atom is 0.250 e. The molecule has 2 aliphatic rings. The van der Waals surface area contributed by atoms with Gasteiger partial charge in [0.25, 0.3) is 11.1 Å². The monoisotopic (exact) mass is 762 g/mol. The Labute approximate surface area is 319 Å². The minimum absolute atomic E-state index is 0.0881. The number of nitrogens with one attached hydrogen (secondary N) is 2. The van der Waals surface area contributed by atoms with Gasteiger partial charge in [0.2, 0.25) is 11.8 Å². The molecule has 14 nitrogen and oxygen atoms in total. The molecule has 0 spiro atoms. The highest BCUT2D eigenvalue weighted by Crippen LogP contribution is 2.36. The van der Waals surface area contributed by atoms with E-state index in [9.17, 15) is 28.0 Å². The summed E-state index contributed by atoms with van der Waals surface area (Å²) in [5.41, 5.74) is 16.7. The standard InChI is InChI=1S/2C20H20FN5O2/c2*1-3-10-6-18(27)26(2)9-14(10)16-4-11-5-17(23-8-13(11)19(22)24-16)25-20(28)12-7-15(12)21/h2*4-6,8-9,12,15H,3,7H2,1-2H3,(H2,22,24)(H,23,25,28)/t2*12-,15+/m10/s1. The molecular formula is C40H40F2N10O4. The Balaban J connectivity index is 0.000000172. The largest absolute Gasteiger partial charge is 0.383 e. The van der Waals surface area contributed by atoms with E-state index in [1.807, 2.05) is 26.0 Å². The molecule has 0 aromatic carbocycles. The number of fused-ring (bicyclic) bond motifs is 2. The molecule has 16 heteroatoms. The van der Waals surface area contributed by atoms with Crippen molar-refractivity contribution >= 4 is 56.6 Å². The predicted molar refractivity (Wildman–Crippen MR) is 211 cm³/mol. The number of aromatic nitrogens is 6. The zero-order valence-corrected chi connectivity index (χ0v) is 31.1. The first-order valence-electron chi connectivity index (χ1n) is 18.2. The molecule has 2 amide bonds. The van der Waals surface area contributed by atoms with Crippen LogP contribution < -0.4 is 33.2 Å². The fourth-order valence-corrected chi connectivity index (χ4v) is 6.45. The van der Waals surface area contributed by atoms with E-state index >= 15 is 0 Å². The minimum atomic E-state index is -1.07. The molecule has 0 aliphatic heterocycles. The lowest BCUT2D eigenvalue weighted by Gasteiger charge is -2.12. The Kier molecular flexibility index (Phi) is 10.1. The van der Waals surface area contributed by atoms with Crippen molar-refractivity contribution in [2.45, 2.75) is 51.9 Å². The van der Waals surface area contributed by atoms with E-state index in [4.69, 9.17) is 11.5 Å². The molecule has 288 valence electrons. The van der Waals surface area contributed by atoms with Gasteiger partial charge in [0.05, 0.1) is 23.2 Å². The van der Waals surface area contributed by atoms with Crippen molar-refractivity contribution in [2.24, 2.45) is 25.9 Å². The number of hydrogen-bond acceptors (Lipinski definition) is 10. The number of nitrogen functional groups attached to an aromatic ring is 2. The number of amides is 2. The molecule has 4 atom stereocenters. The summed E-state index contributed by atoms with van der Waals surface area (Å²) in [5, 5.41) is 8.09. The average molecular weight is 763 g/mol. The van der Waals surface area contributed by atoms with Gasteiger partial charge in [-0.2, -0.15) is 0 Å². The maximum absolute atomic E-state index is 13.1. The molecule has 6 heterocycles. The molecule has 0 radical (unpaired) electrons. The van der Waals surface area contributed by atoms with Crippen LogP contribution in [0.2, 0.25) is 0 Å². The lowest BCUT2D eigenvalue weighted by atomic mass is 10.0. The number of halogens is 2. The molecule has 0 saturated heterocycles. The first-order valence-corrected chi connectivity index (χ1v) is 18.2. The number of alkyl halides is 2. The molecule has 2 fully saturated rings. The van der Waals surface area contributed by atoms with Crippen molar-refractivity contribution in [3.63, 3.8) is 0 Å². The summed E-state index contributed by atoms with van der Waals surface area (Å²) in [4.78, 5) is 65.1. The van der Waals surface area contributed by atoms with Crippen molar-refractivity contribution in [1.82, 2.24) is 29.1 Å². The lowest BCUT2D eigenvalue weighted by Crippen LogP contribution is -2.17. The van der Waals surface area contributed by atoms with Crippen LogP contribution in [0.15, 0.2) is 70.8 Å². The van der Waals surface area contributed by atoms with E-state index in [1.54, 1.807) is 63.1 Å². The molecule has 8 rings (SSSR count). The summed E-state index contributed by atoms with van der Waals surface area (Å²) < 4.78 is 29.2. The first kappa shape index (κ1) is 37.7. The summed E-state index contributed by atoms with van der Waals surface area (Å²) in [6, 6.07) is 10.3. The van der Waals surface area contributed by atoms with Gasteiger partial charge < -0.3 is 31.2 Å². The van der Waals surface area contributed by atoms with Gasteiger partial charge in [-0.15, -0.1) is 0 Å². The Morgan fingerprint density at radius 1 is 0.696 bits per heavy atom. The van der Waals surface area contributed by atoms with Crippen molar-refractivity contribution in [3.8, 4) is 22.5 Å². The number of aryl methyl sites for hydroxylation is 4. The second-order valence-electron chi connectivity index (χ2n) is 14.1. The molecule has 6 aromatic heterocycles. The van der Waals surface area contributed by atoms with Gasteiger partial charge in [-0.3, -0.25) is 19.2 Å². The van der Waals surface area contributed by atoms with E-state index in [2.05, 4.69) is 30.6 Å². The maximum atomic E-state index is 13.1. The normalized spacial score (nSPS) is 18.2. The number of anilines is 4. The average Bonchev–Trinajstić information content (AvgIpc) is 4.10. The van der Waals surface area contributed by atoms with Crippen LogP contribution in [0.25, 0.3) is 44.1 Å². The number of nitrogens with two attached hydrogens (primary N) is 2. The number of hydrogen-bond donors (Lipinski definition) is 4. The fraction of sp³-hybridized carbons (Fsp3) is 0.300. The van der Waals surface area contributed by atoms with Crippen LogP contribution in [-0.4, -0.2) is 53.2 Å². The summed E-state index contributed by atoms with van der Waals surface area (Å²) in [6.45, 7) is 3.94. The highest BCUT2D eigenvalue weighted by molar-refractivity contribution is 6.00. The van der Waals surface area contributed by atoms with E-state index in [0.29, 0.717) is 58.3 Å². The van der Waals surface area contributed by atoms with Gasteiger partial charge in [0.1, 0.15) is 35.6 Å². The van der Waals surface area contributed by atoms with Crippen molar-refractivity contribution < 1.29 is 18.4 Å². The molecular weight excluding hydrogens is 723 g/mol. The molecule has 6 aromatic rings. The number of pyridine rings is 6. The first-order chi connectivity index (χ1) is 26.7. The van der Waals surface area contributed by atoms with Crippen molar-refractivity contribution in [1.29, 1.82) is 0 Å². The van der Waals surface area contributed by atoms with Gasteiger partial charge >= 0.3 is 0 Å². The lowest BCUT2D eigenvalue weighted by molar-refractivity contribution is -0.118. The van der Waals surface area contributed by atoms with Crippen LogP contribution in [0.3, 0.4) is 0 Å². The van der Waals surface area contributed by atoms with Gasteiger partial charge in [-0.1, -0.05) is 13.8 Å². The molecule has 0 unspecified atom stereocenters. The van der Waals surface area contributed by atoms with Crippen LogP contribution >= 0.6 is 0 Å². The van der Waals surface area contributed by atoms with Crippen LogP contribution in [0.1, 0.15) is 37.8 Å². The highest BCUT2D eigenvalue weighted by Gasteiger charge is 2.44. The number of carbonyl (C=O) groups is 2. The number of rotatable bonds is 8. The minimum Gasteiger partial charge on any atom is -0.383 e. The smallest absolute Gasteiger partial charge is 0.250 e.